The quantitative estimate of drug-likeness (QED) is 0.528. The number of ether oxygens (including phenoxy) is 1. The Hall–Kier alpha value is -2.61. The fourth-order valence-electron chi connectivity index (χ4n) is 2.17. The van der Waals surface area contributed by atoms with Crippen LogP contribution in [0.5, 0.6) is 0 Å². The fraction of sp³-hybridized carbons (Fsp3) is 0.471. The molecule has 0 fully saturated rings. The topological polar surface area (TPSA) is 123 Å². The number of benzene rings is 1. The minimum Gasteiger partial charge on any atom is -0.445 e. The van der Waals surface area contributed by atoms with Crippen LogP contribution in [0.1, 0.15) is 26.3 Å². The van der Waals surface area contributed by atoms with Gasteiger partial charge in [0.05, 0.1) is 12.6 Å². The molecule has 0 heterocycles. The lowest BCUT2D eigenvalue weighted by Gasteiger charge is -2.20. The summed E-state index contributed by atoms with van der Waals surface area (Å²) in [5.41, 5.74) is 6.22. The van der Waals surface area contributed by atoms with Crippen LogP contribution in [0.15, 0.2) is 24.3 Å². The van der Waals surface area contributed by atoms with E-state index in [0.717, 1.165) is 5.56 Å². The molecule has 25 heavy (non-hydrogen) atoms. The molecule has 0 radical (unpaired) electrons. The number of primary amides is 1. The van der Waals surface area contributed by atoms with Crippen LogP contribution in [0, 0.1) is 5.92 Å². The van der Waals surface area contributed by atoms with Crippen molar-refractivity contribution in [3.05, 3.63) is 29.8 Å². The summed E-state index contributed by atoms with van der Waals surface area (Å²) < 4.78 is 4.67. The summed E-state index contributed by atoms with van der Waals surface area (Å²) in [5.74, 6) is -0.405. The summed E-state index contributed by atoms with van der Waals surface area (Å²) in [4.78, 5) is 34.6. The monoisotopic (exact) mass is 350 g/mol. The summed E-state index contributed by atoms with van der Waals surface area (Å²) in [6, 6.07) is 6.43. The zero-order valence-corrected chi connectivity index (χ0v) is 14.8. The summed E-state index contributed by atoms with van der Waals surface area (Å²) in [5, 5.41) is 8.40. The van der Waals surface area contributed by atoms with Gasteiger partial charge in [0.15, 0.2) is 0 Å². The molecule has 8 heteroatoms. The lowest BCUT2D eigenvalue weighted by Crippen LogP contribution is -2.49. The molecule has 0 saturated carbocycles. The molecule has 0 bridgehead atoms. The van der Waals surface area contributed by atoms with Gasteiger partial charge in [-0.3, -0.25) is 9.59 Å². The van der Waals surface area contributed by atoms with Gasteiger partial charge < -0.3 is 26.4 Å². The Morgan fingerprint density at radius 2 is 1.80 bits per heavy atom. The molecule has 1 rings (SSSR count). The molecule has 1 aromatic rings. The number of likely N-dealkylation sites (N-methyl/N-ethyl adjacent to an activating group) is 1. The number of hydrogen-bond acceptors (Lipinski definition) is 5. The number of carbonyl (C=O) groups is 3. The highest BCUT2D eigenvalue weighted by Crippen LogP contribution is 2.10. The molecule has 8 nitrogen and oxygen atoms in total. The third-order valence-electron chi connectivity index (χ3n) is 3.42. The number of hydrogen-bond donors (Lipinski definition) is 4. The molecule has 0 aromatic heterocycles. The van der Waals surface area contributed by atoms with E-state index in [0.29, 0.717) is 12.2 Å². The van der Waals surface area contributed by atoms with Crippen LogP contribution in [-0.4, -0.2) is 37.0 Å². The molecule has 1 unspecified atom stereocenters. The second kappa shape index (κ2) is 10.3. The van der Waals surface area contributed by atoms with Crippen LogP contribution in [0.2, 0.25) is 0 Å². The third-order valence-corrected chi connectivity index (χ3v) is 3.42. The molecule has 0 aliphatic rings. The van der Waals surface area contributed by atoms with Crippen molar-refractivity contribution in [2.24, 2.45) is 11.7 Å². The van der Waals surface area contributed by atoms with Crippen molar-refractivity contribution in [3.8, 4) is 0 Å². The van der Waals surface area contributed by atoms with Crippen molar-refractivity contribution < 1.29 is 19.1 Å². The van der Waals surface area contributed by atoms with Crippen LogP contribution < -0.4 is 21.7 Å². The second-order valence-electron chi connectivity index (χ2n) is 5.85. The molecule has 1 aromatic carbocycles. The Kier molecular flexibility index (Phi) is 8.42. The molecule has 0 spiro atoms. The number of rotatable bonds is 9. The normalized spacial score (nSPS) is 11.7. The van der Waals surface area contributed by atoms with Crippen molar-refractivity contribution >= 4 is 23.6 Å². The van der Waals surface area contributed by atoms with Crippen LogP contribution >= 0.6 is 0 Å². The summed E-state index contributed by atoms with van der Waals surface area (Å²) in [7, 11) is 0. The Morgan fingerprint density at radius 1 is 1.16 bits per heavy atom. The molecule has 3 amide bonds. The average molecular weight is 350 g/mol. The smallest absolute Gasteiger partial charge is 0.404 e. The lowest BCUT2D eigenvalue weighted by molar-refractivity contribution is -0.126. The number of nitrogens with one attached hydrogen (secondary N) is 3. The van der Waals surface area contributed by atoms with Gasteiger partial charge in [-0.25, -0.2) is 4.79 Å². The number of carbonyl (C=O) groups excluding carboxylic acids is 3. The molecule has 1 atom stereocenters. The van der Waals surface area contributed by atoms with Crippen LogP contribution in [-0.2, 0) is 20.9 Å². The van der Waals surface area contributed by atoms with Gasteiger partial charge in [-0.1, -0.05) is 32.9 Å². The number of nitrogens with two attached hydrogens (primary N) is 1. The van der Waals surface area contributed by atoms with Crippen molar-refractivity contribution in [2.45, 2.75) is 33.4 Å². The van der Waals surface area contributed by atoms with Crippen molar-refractivity contribution in [3.63, 3.8) is 0 Å². The van der Waals surface area contributed by atoms with E-state index in [9.17, 15) is 14.4 Å². The third kappa shape index (κ3) is 7.67. The zero-order valence-electron chi connectivity index (χ0n) is 14.8. The van der Waals surface area contributed by atoms with Crippen LogP contribution in [0.4, 0.5) is 10.5 Å². The summed E-state index contributed by atoms with van der Waals surface area (Å²) in [6.45, 7) is 6.44. The van der Waals surface area contributed by atoms with Crippen LogP contribution in [0.3, 0.4) is 0 Å². The standard InChI is InChI=1S/C17H26N4O4/c1-4-19-15(11(2)3)16(23)20-9-14(22)21-13-7-5-12(6-8-13)10-25-17(18)24/h5-8,11,15,19H,4,9-10H2,1-3H3,(H2,18,24)(H,20,23)(H,21,22). The van der Waals surface area contributed by atoms with Gasteiger partial charge >= 0.3 is 6.09 Å². The van der Waals surface area contributed by atoms with Gasteiger partial charge in [0.2, 0.25) is 11.8 Å². The molecule has 0 saturated heterocycles. The zero-order chi connectivity index (χ0) is 18.8. The van der Waals surface area contributed by atoms with Gasteiger partial charge in [-0.2, -0.15) is 0 Å². The first kappa shape index (κ1) is 20.4. The van der Waals surface area contributed by atoms with E-state index in [1.165, 1.54) is 0 Å². The lowest BCUT2D eigenvalue weighted by atomic mass is 10.0. The van der Waals surface area contributed by atoms with Gasteiger partial charge in [0.1, 0.15) is 6.61 Å². The summed E-state index contributed by atoms with van der Waals surface area (Å²) >= 11 is 0. The fourth-order valence-corrected chi connectivity index (χ4v) is 2.17. The van der Waals surface area contributed by atoms with E-state index in [1.807, 2.05) is 20.8 Å². The first-order valence-electron chi connectivity index (χ1n) is 8.15. The average Bonchev–Trinajstić information content (AvgIpc) is 2.56. The van der Waals surface area contributed by atoms with Crippen LogP contribution in [0.25, 0.3) is 0 Å². The Balaban J connectivity index is 2.45. The van der Waals surface area contributed by atoms with Gasteiger partial charge in [0.25, 0.3) is 0 Å². The van der Waals surface area contributed by atoms with Gasteiger partial charge in [-0.15, -0.1) is 0 Å². The number of anilines is 1. The first-order valence-corrected chi connectivity index (χ1v) is 8.15. The highest BCUT2D eigenvalue weighted by Gasteiger charge is 2.21. The summed E-state index contributed by atoms with van der Waals surface area (Å²) in [6.07, 6.45) is -0.842. The van der Waals surface area contributed by atoms with Crippen molar-refractivity contribution in [2.75, 3.05) is 18.4 Å². The van der Waals surface area contributed by atoms with Gasteiger partial charge in [-0.05, 0) is 30.2 Å². The van der Waals surface area contributed by atoms with E-state index < -0.39 is 6.09 Å². The molecular formula is C17H26N4O4. The molecule has 0 aliphatic heterocycles. The van der Waals surface area contributed by atoms with E-state index in [-0.39, 0.29) is 36.9 Å². The number of amides is 3. The maximum absolute atomic E-state index is 12.1. The Labute approximate surface area is 147 Å². The van der Waals surface area contributed by atoms with E-state index in [2.05, 4.69) is 20.7 Å². The molecule has 5 N–H and O–H groups in total. The Morgan fingerprint density at radius 3 is 2.32 bits per heavy atom. The largest absolute Gasteiger partial charge is 0.445 e. The minimum atomic E-state index is -0.842. The highest BCUT2D eigenvalue weighted by molar-refractivity contribution is 5.95. The predicted octanol–water partition coefficient (Wildman–Crippen LogP) is 0.971. The molecule has 138 valence electrons. The Bertz CT molecular complexity index is 587. The maximum atomic E-state index is 12.1. The minimum absolute atomic E-state index is 0.0701. The first-order chi connectivity index (χ1) is 11.8. The SMILES string of the molecule is CCNC(C(=O)NCC(=O)Nc1ccc(COC(N)=O)cc1)C(C)C. The predicted molar refractivity (Wildman–Crippen MR) is 94.8 cm³/mol. The van der Waals surface area contributed by atoms with Crippen molar-refractivity contribution in [1.29, 1.82) is 0 Å². The second-order valence-corrected chi connectivity index (χ2v) is 5.85. The molecular weight excluding hydrogens is 324 g/mol. The van der Waals surface area contributed by atoms with E-state index in [4.69, 9.17) is 5.73 Å². The van der Waals surface area contributed by atoms with E-state index >= 15 is 0 Å². The molecule has 0 aliphatic carbocycles. The van der Waals surface area contributed by atoms with Crippen molar-refractivity contribution in [1.82, 2.24) is 10.6 Å². The van der Waals surface area contributed by atoms with Gasteiger partial charge in [0, 0.05) is 5.69 Å². The maximum Gasteiger partial charge on any atom is 0.404 e. The highest BCUT2D eigenvalue weighted by atomic mass is 16.5. The van der Waals surface area contributed by atoms with E-state index in [1.54, 1.807) is 24.3 Å².